The molecule has 1 aromatic carbocycles. The summed E-state index contributed by atoms with van der Waals surface area (Å²) in [5.74, 6) is 0.435. The highest BCUT2D eigenvalue weighted by atomic mass is 16.7. The van der Waals surface area contributed by atoms with Crippen molar-refractivity contribution in [3.63, 3.8) is 0 Å². The maximum atomic E-state index is 11.9. The van der Waals surface area contributed by atoms with Gasteiger partial charge >= 0.3 is 0 Å². The summed E-state index contributed by atoms with van der Waals surface area (Å²) in [5.41, 5.74) is 1.91. The van der Waals surface area contributed by atoms with Crippen molar-refractivity contribution in [2.45, 2.75) is 32.0 Å². The Morgan fingerprint density at radius 1 is 1.33 bits per heavy atom. The minimum atomic E-state index is -0.0975. The number of amides is 1. The van der Waals surface area contributed by atoms with Gasteiger partial charge in [0.05, 0.1) is 32.0 Å². The molecular formula is C18H24N2O4. The number of hydrogen-bond acceptors (Lipinski definition) is 5. The molecule has 1 amide bonds. The lowest BCUT2D eigenvalue weighted by molar-refractivity contribution is -0.120. The number of nitrogens with one attached hydrogen (secondary N) is 1. The van der Waals surface area contributed by atoms with Crippen molar-refractivity contribution >= 4 is 11.6 Å². The molecule has 0 radical (unpaired) electrons. The maximum absolute atomic E-state index is 11.9. The lowest BCUT2D eigenvalue weighted by atomic mass is 10.1. The molecule has 2 aliphatic heterocycles. The van der Waals surface area contributed by atoms with Gasteiger partial charge in [-0.1, -0.05) is 35.5 Å². The highest BCUT2D eigenvalue weighted by molar-refractivity contribution is 6.01. The smallest absolute Gasteiger partial charge is 0.225 e. The van der Waals surface area contributed by atoms with Gasteiger partial charge in [-0.15, -0.1) is 0 Å². The Morgan fingerprint density at radius 2 is 2.21 bits per heavy atom. The highest BCUT2D eigenvalue weighted by Gasteiger charge is 2.23. The first-order chi connectivity index (χ1) is 11.8. The van der Waals surface area contributed by atoms with E-state index in [0.717, 1.165) is 30.9 Å². The van der Waals surface area contributed by atoms with E-state index < -0.39 is 0 Å². The number of rotatable bonds is 8. The molecule has 1 fully saturated rings. The van der Waals surface area contributed by atoms with E-state index >= 15 is 0 Å². The summed E-state index contributed by atoms with van der Waals surface area (Å²) in [5, 5.41) is 6.96. The van der Waals surface area contributed by atoms with Crippen LogP contribution in [0.15, 0.2) is 35.5 Å². The molecular weight excluding hydrogens is 308 g/mol. The molecule has 0 saturated carbocycles. The van der Waals surface area contributed by atoms with Crippen LogP contribution in [0.4, 0.5) is 0 Å². The van der Waals surface area contributed by atoms with Crippen LogP contribution in [-0.2, 0) is 25.7 Å². The van der Waals surface area contributed by atoms with Crippen LogP contribution in [0.25, 0.3) is 0 Å². The maximum Gasteiger partial charge on any atom is 0.225 e. The molecule has 1 aromatic rings. The first kappa shape index (κ1) is 16.9. The second kappa shape index (κ2) is 8.80. The molecule has 2 heterocycles. The van der Waals surface area contributed by atoms with Crippen molar-refractivity contribution < 1.29 is 19.1 Å². The van der Waals surface area contributed by atoms with E-state index in [2.05, 4.69) is 10.5 Å². The monoisotopic (exact) mass is 332 g/mol. The van der Waals surface area contributed by atoms with Gasteiger partial charge in [-0.05, 0) is 12.0 Å². The Balaban J connectivity index is 1.29. The predicted octanol–water partition coefficient (Wildman–Crippen LogP) is 1.89. The molecule has 2 atom stereocenters. The number of benzene rings is 1. The predicted molar refractivity (Wildman–Crippen MR) is 89.6 cm³/mol. The van der Waals surface area contributed by atoms with Crippen LogP contribution in [0.2, 0.25) is 0 Å². The summed E-state index contributed by atoms with van der Waals surface area (Å²) in [7, 11) is 0. The van der Waals surface area contributed by atoms with Gasteiger partial charge in [-0.3, -0.25) is 4.79 Å². The number of ether oxygens (including phenoxy) is 2. The summed E-state index contributed by atoms with van der Waals surface area (Å²) in [6, 6.07) is 10.0. The number of carbonyl (C=O) groups excluding carboxylic acids is 1. The Hall–Kier alpha value is -1.92. The van der Waals surface area contributed by atoms with Crippen molar-refractivity contribution in [1.82, 2.24) is 5.32 Å². The SMILES string of the molecule is O=C(CC1=NOC(COCc2ccccc2)C1)NCC1CCOC1. The average Bonchev–Trinajstić information content (AvgIpc) is 3.26. The number of carbonyl (C=O) groups is 1. The Bertz CT molecular complexity index is 555. The molecule has 0 aromatic heterocycles. The molecule has 3 rings (SSSR count). The average molecular weight is 332 g/mol. The Morgan fingerprint density at radius 3 is 3.00 bits per heavy atom. The van der Waals surface area contributed by atoms with E-state index in [1.807, 2.05) is 30.3 Å². The van der Waals surface area contributed by atoms with Crippen LogP contribution >= 0.6 is 0 Å². The van der Waals surface area contributed by atoms with Gasteiger partial charge in [0.25, 0.3) is 0 Å². The van der Waals surface area contributed by atoms with E-state index in [1.165, 1.54) is 0 Å². The number of hydrogen-bond donors (Lipinski definition) is 1. The third-order valence-corrected chi connectivity index (χ3v) is 4.19. The van der Waals surface area contributed by atoms with Crippen molar-refractivity contribution in [3.05, 3.63) is 35.9 Å². The quantitative estimate of drug-likeness (QED) is 0.789. The second-order valence-corrected chi connectivity index (χ2v) is 6.30. The summed E-state index contributed by atoms with van der Waals surface area (Å²) in [6.45, 7) is 3.25. The number of oxime groups is 1. The highest BCUT2D eigenvalue weighted by Crippen LogP contribution is 2.15. The lowest BCUT2D eigenvalue weighted by Crippen LogP contribution is -2.31. The largest absolute Gasteiger partial charge is 0.390 e. The first-order valence-corrected chi connectivity index (χ1v) is 8.47. The van der Waals surface area contributed by atoms with E-state index in [9.17, 15) is 4.79 Å². The summed E-state index contributed by atoms with van der Waals surface area (Å²) < 4.78 is 11.0. The van der Waals surface area contributed by atoms with E-state index in [-0.39, 0.29) is 12.0 Å². The molecule has 2 aliphatic rings. The molecule has 0 bridgehead atoms. The lowest BCUT2D eigenvalue weighted by Gasteiger charge is -2.10. The molecule has 130 valence electrons. The Kier molecular flexibility index (Phi) is 6.20. The van der Waals surface area contributed by atoms with Gasteiger partial charge in [-0.2, -0.15) is 0 Å². The fraction of sp³-hybridized carbons (Fsp3) is 0.556. The van der Waals surface area contributed by atoms with Gasteiger partial charge in [-0.25, -0.2) is 0 Å². The molecule has 0 spiro atoms. The van der Waals surface area contributed by atoms with Crippen molar-refractivity contribution in [2.75, 3.05) is 26.4 Å². The summed E-state index contributed by atoms with van der Waals surface area (Å²) in [4.78, 5) is 17.3. The fourth-order valence-electron chi connectivity index (χ4n) is 2.81. The minimum absolute atomic E-state index is 0.00453. The molecule has 1 saturated heterocycles. The zero-order valence-electron chi connectivity index (χ0n) is 13.8. The zero-order valence-corrected chi connectivity index (χ0v) is 13.8. The zero-order chi connectivity index (χ0) is 16.6. The molecule has 6 heteroatoms. The van der Waals surface area contributed by atoms with Gasteiger partial charge in [0, 0.05) is 25.5 Å². The van der Waals surface area contributed by atoms with Crippen LogP contribution in [0.1, 0.15) is 24.8 Å². The number of nitrogens with zero attached hydrogens (tertiary/aromatic N) is 1. The standard InChI is InChI=1S/C18H24N2O4/c21-18(19-10-15-6-7-22-12-15)9-16-8-17(24-20-16)13-23-11-14-4-2-1-3-5-14/h1-5,15,17H,6-13H2,(H,19,21). The normalized spacial score (nSPS) is 22.9. The summed E-state index contributed by atoms with van der Waals surface area (Å²) in [6.07, 6.45) is 1.86. The molecule has 1 N–H and O–H groups in total. The Labute approximate surface area is 142 Å². The first-order valence-electron chi connectivity index (χ1n) is 8.47. The van der Waals surface area contributed by atoms with E-state index in [0.29, 0.717) is 38.5 Å². The van der Waals surface area contributed by atoms with Crippen LogP contribution in [-0.4, -0.2) is 44.1 Å². The topological polar surface area (TPSA) is 69.2 Å². The third kappa shape index (κ3) is 5.32. The van der Waals surface area contributed by atoms with Gasteiger partial charge in [0.15, 0.2) is 6.10 Å². The van der Waals surface area contributed by atoms with Gasteiger partial charge in [0.2, 0.25) is 5.91 Å². The fourth-order valence-corrected chi connectivity index (χ4v) is 2.81. The molecule has 24 heavy (non-hydrogen) atoms. The van der Waals surface area contributed by atoms with Crippen molar-refractivity contribution in [2.24, 2.45) is 11.1 Å². The summed E-state index contributed by atoms with van der Waals surface area (Å²) >= 11 is 0. The van der Waals surface area contributed by atoms with E-state index in [1.54, 1.807) is 0 Å². The van der Waals surface area contributed by atoms with Gasteiger partial charge in [0.1, 0.15) is 0 Å². The van der Waals surface area contributed by atoms with Crippen LogP contribution in [0, 0.1) is 5.92 Å². The minimum Gasteiger partial charge on any atom is -0.390 e. The third-order valence-electron chi connectivity index (χ3n) is 4.19. The molecule has 2 unspecified atom stereocenters. The van der Waals surface area contributed by atoms with Gasteiger partial charge < -0.3 is 19.6 Å². The second-order valence-electron chi connectivity index (χ2n) is 6.30. The van der Waals surface area contributed by atoms with Crippen LogP contribution in [0.3, 0.4) is 0 Å². The van der Waals surface area contributed by atoms with Crippen molar-refractivity contribution in [1.29, 1.82) is 0 Å². The van der Waals surface area contributed by atoms with Crippen LogP contribution in [0.5, 0.6) is 0 Å². The molecule has 0 aliphatic carbocycles. The van der Waals surface area contributed by atoms with Crippen LogP contribution < -0.4 is 5.32 Å². The van der Waals surface area contributed by atoms with Crippen molar-refractivity contribution in [3.8, 4) is 0 Å². The molecule has 6 nitrogen and oxygen atoms in total. The van der Waals surface area contributed by atoms with E-state index in [4.69, 9.17) is 14.3 Å².